The molecule has 2 fully saturated rings. The minimum Gasteiger partial charge on any atom is -0.508 e. The fourth-order valence-electron chi connectivity index (χ4n) is 11.3. The largest absolute Gasteiger partial charge is 0.508 e. The third kappa shape index (κ3) is 10.0. The Morgan fingerprint density at radius 3 is 2.46 bits per heavy atom. The molecule has 3 N–H and O–H groups in total. The Balaban J connectivity index is 1.32. The van der Waals surface area contributed by atoms with Gasteiger partial charge >= 0.3 is 0 Å². The Morgan fingerprint density at radius 2 is 1.71 bits per heavy atom. The Hall–Kier alpha value is -5.56. The number of nitro benzene ring substituents is 1. The molecular formula is C53H63N3O9. The van der Waals surface area contributed by atoms with Gasteiger partial charge in [0.25, 0.3) is 5.69 Å². The van der Waals surface area contributed by atoms with Crippen LogP contribution in [-0.2, 0) is 27.5 Å². The standard InChI is InChI=1S/C53H63N3O9/c1-2-30-63-53-49(55(50(60)27-22-36-12-3-4-13-36)34-40-17-11-16-38-14-5-6-18-43(38)40)33-47(54-64-35-37-20-23-41(24-21-37)56(61)62)45-31-39(15-7-9-28-57)44(19-8-10-29-58)51(52(45)53)46-32-42(59)25-26-48(46)65-53/h2,5-6,11,14,16-18,20-21,23-26,31-32,36,39,44,49,51-52,57-59H,1,3-4,7-10,12-13,15,19,22,27-30,33-35H2. The lowest BCUT2D eigenvalue weighted by molar-refractivity contribution is -0.384. The molecule has 6 atom stereocenters. The minimum absolute atomic E-state index is 0.00354. The molecule has 0 bridgehead atoms. The van der Waals surface area contributed by atoms with E-state index < -0.39 is 22.7 Å². The topological polar surface area (TPSA) is 164 Å². The second kappa shape index (κ2) is 21.2. The van der Waals surface area contributed by atoms with Crippen LogP contribution in [0.2, 0.25) is 0 Å². The van der Waals surface area contributed by atoms with Crippen LogP contribution in [0.3, 0.4) is 0 Å². The van der Waals surface area contributed by atoms with Crippen molar-refractivity contribution in [1.29, 1.82) is 0 Å². The number of benzene rings is 4. The molecule has 8 rings (SSSR count). The maximum Gasteiger partial charge on any atom is 0.269 e. The van der Waals surface area contributed by atoms with E-state index in [1.807, 2.05) is 29.2 Å². The van der Waals surface area contributed by atoms with E-state index in [9.17, 15) is 25.4 Å². The first-order chi connectivity index (χ1) is 31.7. The number of rotatable bonds is 21. The van der Waals surface area contributed by atoms with Crippen LogP contribution in [0.1, 0.15) is 106 Å². The van der Waals surface area contributed by atoms with E-state index in [4.69, 9.17) is 19.5 Å². The Labute approximate surface area is 381 Å². The summed E-state index contributed by atoms with van der Waals surface area (Å²) in [6, 6.07) is 25.2. The van der Waals surface area contributed by atoms with Crippen molar-refractivity contribution in [3.63, 3.8) is 0 Å². The van der Waals surface area contributed by atoms with Gasteiger partial charge < -0.3 is 34.5 Å². The Morgan fingerprint density at radius 1 is 0.954 bits per heavy atom. The number of allylic oxidation sites excluding steroid dienone is 1. The molecule has 1 heterocycles. The molecule has 0 saturated heterocycles. The predicted octanol–water partition coefficient (Wildman–Crippen LogP) is 10.3. The van der Waals surface area contributed by atoms with Crippen LogP contribution in [0.15, 0.2) is 114 Å². The first-order valence-corrected chi connectivity index (χ1v) is 23.6. The average Bonchev–Trinajstić information content (AvgIpc) is 3.85. The molecule has 12 nitrogen and oxygen atoms in total. The summed E-state index contributed by atoms with van der Waals surface area (Å²) in [5.74, 6) is -1.01. The molecule has 4 aromatic carbocycles. The SMILES string of the molecule is C=CCOC12Oc3ccc(O)cc3C3C(CCCCO)C(CCCCO)C=C(C(=NOCc4ccc([N+](=O)[O-])cc4)CC1N(Cc1cccc4ccccc14)C(=O)CCC1CCCC1)C32. The molecule has 12 heteroatoms. The van der Waals surface area contributed by atoms with E-state index in [-0.39, 0.29) is 74.5 Å². The van der Waals surface area contributed by atoms with Crippen molar-refractivity contribution < 1.29 is 39.3 Å². The minimum atomic E-state index is -1.44. The van der Waals surface area contributed by atoms with Gasteiger partial charge in [-0.25, -0.2) is 0 Å². The van der Waals surface area contributed by atoms with Gasteiger partial charge in [0, 0.05) is 56.2 Å². The van der Waals surface area contributed by atoms with Crippen LogP contribution in [0.25, 0.3) is 10.8 Å². The number of non-ortho nitro benzene ring substituents is 1. The number of phenols is 1. The molecule has 2 saturated carbocycles. The molecule has 3 aliphatic carbocycles. The number of ether oxygens (including phenoxy) is 2. The van der Waals surface area contributed by atoms with Gasteiger partial charge in [0.15, 0.2) is 0 Å². The zero-order chi connectivity index (χ0) is 45.3. The van der Waals surface area contributed by atoms with Crippen molar-refractivity contribution in [2.75, 3.05) is 19.8 Å². The molecule has 0 spiro atoms. The average molecular weight is 886 g/mol. The van der Waals surface area contributed by atoms with Crippen LogP contribution in [0.5, 0.6) is 11.5 Å². The number of carbonyl (C=O) groups excluding carboxylic acids is 1. The molecule has 0 aromatic heterocycles. The summed E-state index contributed by atoms with van der Waals surface area (Å²) < 4.78 is 14.6. The van der Waals surface area contributed by atoms with Crippen molar-refractivity contribution in [3.05, 3.63) is 136 Å². The zero-order valence-electron chi connectivity index (χ0n) is 37.3. The van der Waals surface area contributed by atoms with E-state index in [0.29, 0.717) is 42.2 Å². The number of oxime groups is 1. The summed E-state index contributed by atoms with van der Waals surface area (Å²) in [5.41, 5.74) is 4.09. The monoisotopic (exact) mass is 885 g/mol. The number of nitro groups is 1. The van der Waals surface area contributed by atoms with Crippen LogP contribution < -0.4 is 4.74 Å². The quantitative estimate of drug-likeness (QED) is 0.0320. The number of aliphatic hydroxyl groups is 2. The highest BCUT2D eigenvalue weighted by Crippen LogP contribution is 2.62. The van der Waals surface area contributed by atoms with Crippen molar-refractivity contribution in [2.45, 2.75) is 114 Å². The van der Waals surface area contributed by atoms with Crippen molar-refractivity contribution in [2.24, 2.45) is 28.8 Å². The van der Waals surface area contributed by atoms with Gasteiger partial charge in [0.1, 0.15) is 24.1 Å². The number of nitrogens with zero attached hydrogens (tertiary/aromatic N) is 3. The first kappa shape index (κ1) is 46.0. The second-order valence-electron chi connectivity index (χ2n) is 18.3. The smallest absolute Gasteiger partial charge is 0.269 e. The number of fused-ring (bicyclic) bond motifs is 3. The number of carbonyl (C=O) groups is 1. The third-order valence-corrected chi connectivity index (χ3v) is 14.4. The van der Waals surface area contributed by atoms with Crippen LogP contribution in [0, 0.1) is 33.8 Å². The number of aliphatic hydroxyl groups excluding tert-OH is 2. The Kier molecular flexibility index (Phi) is 15.0. The normalized spacial score (nSPS) is 24.2. The fraction of sp³-hybridized carbons (Fsp3) is 0.472. The second-order valence-corrected chi connectivity index (χ2v) is 18.3. The first-order valence-electron chi connectivity index (χ1n) is 23.6. The number of amides is 1. The summed E-state index contributed by atoms with van der Waals surface area (Å²) in [6.07, 6.45) is 14.4. The van der Waals surface area contributed by atoms with Gasteiger partial charge in [-0.05, 0) is 108 Å². The number of phenolic OH excluding ortho intramolecular Hbond substituents is 1. The van der Waals surface area contributed by atoms with E-state index in [0.717, 1.165) is 72.4 Å². The highest BCUT2D eigenvalue weighted by atomic mass is 16.7. The third-order valence-electron chi connectivity index (χ3n) is 14.4. The summed E-state index contributed by atoms with van der Waals surface area (Å²) in [6.45, 7) is 4.71. The highest BCUT2D eigenvalue weighted by molar-refractivity contribution is 6.03. The molecule has 65 heavy (non-hydrogen) atoms. The summed E-state index contributed by atoms with van der Waals surface area (Å²) in [5, 5.41) is 49.5. The van der Waals surface area contributed by atoms with Crippen molar-refractivity contribution in [3.8, 4) is 11.5 Å². The highest BCUT2D eigenvalue weighted by Gasteiger charge is 2.65. The van der Waals surface area contributed by atoms with Gasteiger partial charge in [0.05, 0.1) is 23.2 Å². The summed E-state index contributed by atoms with van der Waals surface area (Å²) in [7, 11) is 0. The lowest BCUT2D eigenvalue weighted by Crippen LogP contribution is -2.70. The fourth-order valence-corrected chi connectivity index (χ4v) is 11.3. The van der Waals surface area contributed by atoms with Crippen molar-refractivity contribution >= 4 is 28.1 Å². The molecule has 4 aliphatic rings. The zero-order valence-corrected chi connectivity index (χ0v) is 37.3. The summed E-state index contributed by atoms with van der Waals surface area (Å²) in [4.78, 5) is 34.6. The van der Waals surface area contributed by atoms with Gasteiger partial charge in [-0.2, -0.15) is 0 Å². The van der Waals surface area contributed by atoms with Gasteiger partial charge in [-0.3, -0.25) is 14.9 Å². The molecule has 0 radical (unpaired) electrons. The predicted molar refractivity (Wildman–Crippen MR) is 250 cm³/mol. The van der Waals surface area contributed by atoms with E-state index in [2.05, 4.69) is 36.9 Å². The molecule has 6 unspecified atom stereocenters. The number of aromatic hydroxyl groups is 1. The molecule has 4 aromatic rings. The number of hydrogen-bond donors (Lipinski definition) is 3. The van der Waals surface area contributed by atoms with E-state index in [1.165, 1.54) is 25.0 Å². The van der Waals surface area contributed by atoms with Crippen LogP contribution in [-0.4, -0.2) is 68.4 Å². The van der Waals surface area contributed by atoms with Crippen LogP contribution in [0.4, 0.5) is 5.69 Å². The van der Waals surface area contributed by atoms with Gasteiger partial charge in [0.2, 0.25) is 11.7 Å². The van der Waals surface area contributed by atoms with Crippen LogP contribution >= 0.6 is 0 Å². The molecular weight excluding hydrogens is 823 g/mol. The lowest BCUT2D eigenvalue weighted by atomic mass is 9.55. The molecule has 1 aliphatic heterocycles. The molecule has 344 valence electrons. The summed E-state index contributed by atoms with van der Waals surface area (Å²) >= 11 is 0. The van der Waals surface area contributed by atoms with Crippen molar-refractivity contribution in [1.82, 2.24) is 4.90 Å². The Bertz CT molecular complexity index is 2350. The van der Waals surface area contributed by atoms with E-state index in [1.54, 1.807) is 30.3 Å². The van der Waals surface area contributed by atoms with Gasteiger partial charge in [-0.15, -0.1) is 6.58 Å². The maximum absolute atomic E-state index is 15.4. The number of unbranched alkanes of at least 4 members (excludes halogenated alkanes) is 2. The number of hydrogen-bond acceptors (Lipinski definition) is 10. The molecule has 1 amide bonds. The lowest BCUT2D eigenvalue weighted by Gasteiger charge is -2.60. The maximum atomic E-state index is 15.4. The van der Waals surface area contributed by atoms with E-state index >= 15 is 4.79 Å². The van der Waals surface area contributed by atoms with Gasteiger partial charge in [-0.1, -0.05) is 98.3 Å².